The molecule has 0 spiro atoms. The Hall–Kier alpha value is -0.150. The highest BCUT2D eigenvalue weighted by Crippen LogP contribution is 2.22. The third-order valence-electron chi connectivity index (χ3n) is 2.03. The second-order valence-corrected chi connectivity index (χ2v) is 4.96. The van der Waals surface area contributed by atoms with E-state index in [1.807, 2.05) is 12.1 Å². The van der Waals surface area contributed by atoms with Crippen LogP contribution in [0.1, 0.15) is 35.7 Å². The van der Waals surface area contributed by atoms with Crippen molar-refractivity contribution in [1.29, 1.82) is 0 Å². The number of ketones is 1. The van der Waals surface area contributed by atoms with Crippen molar-refractivity contribution >= 4 is 37.6 Å². The predicted molar refractivity (Wildman–Crippen MR) is 66.4 cm³/mol. The Bertz CT molecular complexity index is 345. The van der Waals surface area contributed by atoms with Gasteiger partial charge in [0, 0.05) is 10.0 Å². The van der Waals surface area contributed by atoms with Crippen molar-refractivity contribution in [2.24, 2.45) is 0 Å². The number of alkyl halides is 1. The Morgan fingerprint density at radius 1 is 1.36 bits per heavy atom. The summed E-state index contributed by atoms with van der Waals surface area (Å²) in [6.45, 7) is 4.23. The molecule has 0 saturated carbocycles. The average molecular weight is 320 g/mol. The zero-order valence-electron chi connectivity index (χ0n) is 8.18. The summed E-state index contributed by atoms with van der Waals surface area (Å²) in [6, 6.07) is 5.87. The molecule has 1 nitrogen and oxygen atoms in total. The summed E-state index contributed by atoms with van der Waals surface area (Å²) in [6.07, 6.45) is 0. The topological polar surface area (TPSA) is 17.1 Å². The lowest BCUT2D eigenvalue weighted by atomic mass is 10.00. The summed E-state index contributed by atoms with van der Waals surface area (Å²) in [5.74, 6) is 0.558. The molecule has 1 aromatic rings. The molecule has 0 amide bonds. The van der Waals surface area contributed by atoms with E-state index in [0.717, 1.165) is 10.0 Å². The predicted octanol–water partition coefficient (Wildman–Crippen LogP) is 4.15. The molecule has 76 valence electrons. The molecule has 1 aromatic carbocycles. The van der Waals surface area contributed by atoms with Crippen molar-refractivity contribution < 1.29 is 4.79 Å². The minimum Gasteiger partial charge on any atom is -0.293 e. The summed E-state index contributed by atoms with van der Waals surface area (Å²) in [5, 5.41) is 0.376. The van der Waals surface area contributed by atoms with Gasteiger partial charge in [0.1, 0.15) is 0 Å². The molecule has 0 fully saturated rings. The van der Waals surface area contributed by atoms with Crippen molar-refractivity contribution in [3.63, 3.8) is 0 Å². The lowest BCUT2D eigenvalue weighted by Gasteiger charge is -2.08. The van der Waals surface area contributed by atoms with E-state index in [2.05, 4.69) is 51.8 Å². The third kappa shape index (κ3) is 2.92. The van der Waals surface area contributed by atoms with Gasteiger partial charge in [0.2, 0.25) is 0 Å². The van der Waals surface area contributed by atoms with Crippen LogP contribution in [-0.2, 0) is 0 Å². The number of halogens is 2. The van der Waals surface area contributed by atoms with Gasteiger partial charge in [-0.1, -0.05) is 45.7 Å². The van der Waals surface area contributed by atoms with Crippen LogP contribution in [0.4, 0.5) is 0 Å². The van der Waals surface area contributed by atoms with Crippen LogP contribution in [-0.4, -0.2) is 11.1 Å². The van der Waals surface area contributed by atoms with Gasteiger partial charge in [-0.3, -0.25) is 4.79 Å². The van der Waals surface area contributed by atoms with Crippen molar-refractivity contribution in [3.05, 3.63) is 33.8 Å². The molecule has 0 aliphatic heterocycles. The van der Waals surface area contributed by atoms with Gasteiger partial charge in [0.05, 0.1) is 5.33 Å². The molecule has 0 saturated heterocycles. The van der Waals surface area contributed by atoms with E-state index in [0.29, 0.717) is 11.2 Å². The number of hydrogen-bond acceptors (Lipinski definition) is 1. The highest BCUT2D eigenvalue weighted by molar-refractivity contribution is 9.10. The molecular formula is C11H12Br2O. The highest BCUT2D eigenvalue weighted by Gasteiger charge is 2.08. The number of carbonyl (C=O) groups excluding carboxylic acids is 1. The van der Waals surface area contributed by atoms with Crippen LogP contribution in [0.3, 0.4) is 0 Å². The lowest BCUT2D eigenvalue weighted by Crippen LogP contribution is -2.01. The van der Waals surface area contributed by atoms with Crippen molar-refractivity contribution in [3.8, 4) is 0 Å². The number of Topliss-reactive ketones (excluding diaryl/α,β-unsaturated/α-hetero) is 1. The molecule has 0 N–H and O–H groups in total. The average Bonchev–Trinajstić information content (AvgIpc) is 2.15. The minimum atomic E-state index is 0.119. The number of benzene rings is 1. The third-order valence-corrected chi connectivity index (χ3v) is 3.00. The fourth-order valence-electron chi connectivity index (χ4n) is 1.18. The standard InChI is InChI=1S/C11H12Br2O/c1-7(2)8-3-9(11(14)6-12)5-10(13)4-8/h3-5,7H,6H2,1-2H3. The van der Waals surface area contributed by atoms with Crippen LogP contribution < -0.4 is 0 Å². The van der Waals surface area contributed by atoms with E-state index in [-0.39, 0.29) is 5.78 Å². The molecule has 0 aliphatic rings. The van der Waals surface area contributed by atoms with Gasteiger partial charge in [0.25, 0.3) is 0 Å². The van der Waals surface area contributed by atoms with E-state index in [1.165, 1.54) is 5.56 Å². The van der Waals surface area contributed by atoms with Gasteiger partial charge in [-0.25, -0.2) is 0 Å². The zero-order chi connectivity index (χ0) is 10.7. The minimum absolute atomic E-state index is 0.119. The maximum atomic E-state index is 11.5. The first-order valence-electron chi connectivity index (χ1n) is 4.44. The fourth-order valence-corrected chi connectivity index (χ4v) is 2.02. The van der Waals surface area contributed by atoms with Gasteiger partial charge >= 0.3 is 0 Å². The van der Waals surface area contributed by atoms with Gasteiger partial charge in [-0.05, 0) is 29.7 Å². The normalized spacial score (nSPS) is 10.6. The molecule has 0 unspecified atom stereocenters. The molecule has 1 rings (SSSR count). The number of hydrogen-bond donors (Lipinski definition) is 0. The monoisotopic (exact) mass is 318 g/mol. The van der Waals surface area contributed by atoms with Crippen LogP contribution >= 0.6 is 31.9 Å². The largest absolute Gasteiger partial charge is 0.293 e. The van der Waals surface area contributed by atoms with E-state index in [4.69, 9.17) is 0 Å². The van der Waals surface area contributed by atoms with Gasteiger partial charge in [-0.2, -0.15) is 0 Å². The van der Waals surface area contributed by atoms with Crippen LogP contribution in [0.15, 0.2) is 22.7 Å². The second-order valence-electron chi connectivity index (χ2n) is 3.48. The lowest BCUT2D eigenvalue weighted by molar-refractivity contribution is 0.102. The van der Waals surface area contributed by atoms with Gasteiger partial charge < -0.3 is 0 Å². The van der Waals surface area contributed by atoms with Crippen molar-refractivity contribution in [2.75, 3.05) is 5.33 Å². The molecule has 14 heavy (non-hydrogen) atoms. The van der Waals surface area contributed by atoms with E-state index in [9.17, 15) is 4.79 Å². The molecular weight excluding hydrogens is 308 g/mol. The zero-order valence-corrected chi connectivity index (χ0v) is 11.4. The molecule has 3 heteroatoms. The van der Waals surface area contributed by atoms with Crippen molar-refractivity contribution in [1.82, 2.24) is 0 Å². The summed E-state index contributed by atoms with van der Waals surface area (Å²) >= 11 is 6.58. The van der Waals surface area contributed by atoms with Crippen molar-refractivity contribution in [2.45, 2.75) is 19.8 Å². The summed E-state index contributed by atoms with van der Waals surface area (Å²) in [7, 11) is 0. The van der Waals surface area contributed by atoms with E-state index < -0.39 is 0 Å². The molecule has 0 radical (unpaired) electrons. The maximum Gasteiger partial charge on any atom is 0.173 e. The van der Waals surface area contributed by atoms with Crippen LogP contribution in [0, 0.1) is 0 Å². The SMILES string of the molecule is CC(C)c1cc(Br)cc(C(=O)CBr)c1. The Labute approximate surface area is 101 Å². The Balaban J connectivity index is 3.13. The Morgan fingerprint density at radius 2 is 2.00 bits per heavy atom. The van der Waals surface area contributed by atoms with Crippen LogP contribution in [0.2, 0.25) is 0 Å². The Kier molecular flexibility index (Phi) is 4.32. The second kappa shape index (κ2) is 5.08. The first kappa shape index (κ1) is 11.9. The molecule has 0 heterocycles. The summed E-state index contributed by atoms with van der Waals surface area (Å²) in [4.78, 5) is 11.5. The first-order valence-corrected chi connectivity index (χ1v) is 6.35. The Morgan fingerprint density at radius 3 is 2.50 bits per heavy atom. The number of rotatable bonds is 3. The van der Waals surface area contributed by atoms with Crippen LogP contribution in [0.25, 0.3) is 0 Å². The number of carbonyl (C=O) groups is 1. The summed E-state index contributed by atoms with van der Waals surface area (Å²) in [5.41, 5.74) is 1.95. The van der Waals surface area contributed by atoms with Gasteiger partial charge in [0.15, 0.2) is 5.78 Å². The molecule has 0 bridgehead atoms. The summed E-state index contributed by atoms with van der Waals surface area (Å²) < 4.78 is 0.966. The van der Waals surface area contributed by atoms with E-state index in [1.54, 1.807) is 0 Å². The molecule has 0 aromatic heterocycles. The quantitative estimate of drug-likeness (QED) is 0.604. The maximum absolute atomic E-state index is 11.5. The first-order chi connectivity index (χ1) is 6.54. The highest BCUT2D eigenvalue weighted by atomic mass is 79.9. The molecule has 0 aliphatic carbocycles. The van der Waals surface area contributed by atoms with Gasteiger partial charge in [-0.15, -0.1) is 0 Å². The fraction of sp³-hybridized carbons (Fsp3) is 0.364. The smallest absolute Gasteiger partial charge is 0.173 e. The molecule has 0 atom stereocenters. The van der Waals surface area contributed by atoms with Crippen LogP contribution in [0.5, 0.6) is 0 Å². The van der Waals surface area contributed by atoms with E-state index >= 15 is 0 Å².